The van der Waals surface area contributed by atoms with Crippen LogP contribution in [0, 0.1) is 5.92 Å². The predicted octanol–water partition coefficient (Wildman–Crippen LogP) is 4.55. The van der Waals surface area contributed by atoms with Crippen molar-refractivity contribution in [1.82, 2.24) is 0 Å². The third kappa shape index (κ3) is 6.63. The lowest BCUT2D eigenvalue weighted by Crippen LogP contribution is -2.14. The standard InChI is InChI=1S/C16H23ClO2/c1-3-7-13(2)15(17)10-11-16(18)19-12-14-8-5-4-6-9-14/h4-6,8-9,13,15H,3,7,10-12H2,1-2H3. The van der Waals surface area contributed by atoms with E-state index in [2.05, 4.69) is 13.8 Å². The zero-order valence-electron chi connectivity index (χ0n) is 11.8. The highest BCUT2D eigenvalue weighted by molar-refractivity contribution is 6.20. The van der Waals surface area contributed by atoms with Crippen LogP contribution in [-0.4, -0.2) is 11.3 Å². The molecule has 0 N–H and O–H groups in total. The van der Waals surface area contributed by atoms with E-state index in [0.717, 1.165) is 18.4 Å². The summed E-state index contributed by atoms with van der Waals surface area (Å²) in [6.45, 7) is 4.63. The second-order valence-corrected chi connectivity index (χ2v) is 5.53. The van der Waals surface area contributed by atoms with Gasteiger partial charge in [0, 0.05) is 11.8 Å². The second-order valence-electron chi connectivity index (χ2n) is 4.97. The summed E-state index contributed by atoms with van der Waals surface area (Å²) in [5.74, 6) is 0.284. The van der Waals surface area contributed by atoms with Crippen LogP contribution in [0.5, 0.6) is 0 Å². The van der Waals surface area contributed by atoms with E-state index in [1.54, 1.807) is 0 Å². The van der Waals surface area contributed by atoms with Gasteiger partial charge in [0.2, 0.25) is 0 Å². The summed E-state index contributed by atoms with van der Waals surface area (Å²) in [5, 5.41) is 0.0595. The lowest BCUT2D eigenvalue weighted by Gasteiger charge is -2.16. The summed E-state index contributed by atoms with van der Waals surface area (Å²) in [6.07, 6.45) is 3.32. The molecule has 2 atom stereocenters. The van der Waals surface area contributed by atoms with Crippen LogP contribution in [0.15, 0.2) is 30.3 Å². The van der Waals surface area contributed by atoms with Gasteiger partial charge >= 0.3 is 5.97 Å². The third-order valence-corrected chi connectivity index (χ3v) is 3.88. The summed E-state index contributed by atoms with van der Waals surface area (Å²) >= 11 is 6.26. The van der Waals surface area contributed by atoms with Gasteiger partial charge in [-0.05, 0) is 24.3 Å². The summed E-state index contributed by atoms with van der Waals surface area (Å²) in [5.41, 5.74) is 1.01. The molecule has 2 nitrogen and oxygen atoms in total. The molecule has 0 fully saturated rings. The van der Waals surface area contributed by atoms with E-state index >= 15 is 0 Å². The van der Waals surface area contributed by atoms with Crippen molar-refractivity contribution >= 4 is 17.6 Å². The molecule has 0 saturated carbocycles. The van der Waals surface area contributed by atoms with Crippen LogP contribution < -0.4 is 0 Å². The first-order chi connectivity index (χ1) is 9.13. The Balaban J connectivity index is 2.21. The maximum absolute atomic E-state index is 11.6. The number of benzene rings is 1. The van der Waals surface area contributed by atoms with Crippen LogP contribution in [0.25, 0.3) is 0 Å². The molecular weight excluding hydrogens is 260 g/mol. The van der Waals surface area contributed by atoms with Crippen molar-refractivity contribution in [2.45, 2.75) is 51.5 Å². The van der Waals surface area contributed by atoms with Gasteiger partial charge in [-0.15, -0.1) is 11.6 Å². The van der Waals surface area contributed by atoms with E-state index in [4.69, 9.17) is 16.3 Å². The first-order valence-electron chi connectivity index (χ1n) is 6.97. The van der Waals surface area contributed by atoms with Gasteiger partial charge in [-0.3, -0.25) is 4.79 Å². The van der Waals surface area contributed by atoms with Crippen molar-refractivity contribution in [3.8, 4) is 0 Å². The van der Waals surface area contributed by atoms with Crippen molar-refractivity contribution in [2.24, 2.45) is 5.92 Å². The molecule has 0 heterocycles. The van der Waals surface area contributed by atoms with Crippen LogP contribution in [0.4, 0.5) is 0 Å². The fourth-order valence-electron chi connectivity index (χ4n) is 1.99. The van der Waals surface area contributed by atoms with Gasteiger partial charge in [0.1, 0.15) is 6.61 Å². The van der Waals surface area contributed by atoms with Gasteiger partial charge in [0.05, 0.1) is 0 Å². The zero-order chi connectivity index (χ0) is 14.1. The highest BCUT2D eigenvalue weighted by Crippen LogP contribution is 2.20. The molecule has 0 aliphatic heterocycles. The average molecular weight is 283 g/mol. The molecule has 1 rings (SSSR count). The average Bonchev–Trinajstić information content (AvgIpc) is 2.43. The topological polar surface area (TPSA) is 26.3 Å². The molecule has 0 aromatic heterocycles. The molecule has 106 valence electrons. The van der Waals surface area contributed by atoms with Crippen LogP contribution >= 0.6 is 11.6 Å². The number of alkyl halides is 1. The Morgan fingerprint density at radius 2 is 1.95 bits per heavy atom. The second kappa shape index (κ2) is 8.98. The van der Waals surface area contributed by atoms with Crippen molar-refractivity contribution in [1.29, 1.82) is 0 Å². The number of carbonyl (C=O) groups is 1. The molecule has 3 heteroatoms. The van der Waals surface area contributed by atoms with Crippen molar-refractivity contribution in [2.75, 3.05) is 0 Å². The number of ether oxygens (including phenoxy) is 1. The molecular formula is C16H23ClO2. The Labute approximate surface area is 121 Å². The van der Waals surface area contributed by atoms with E-state index in [1.165, 1.54) is 0 Å². The van der Waals surface area contributed by atoms with Crippen LogP contribution in [0.1, 0.15) is 45.1 Å². The molecule has 1 aromatic rings. The molecule has 2 unspecified atom stereocenters. The lowest BCUT2D eigenvalue weighted by molar-refractivity contribution is -0.145. The number of halogens is 1. The molecule has 19 heavy (non-hydrogen) atoms. The molecule has 0 radical (unpaired) electrons. The Hall–Kier alpha value is -1.02. The van der Waals surface area contributed by atoms with Gasteiger partial charge in [0.25, 0.3) is 0 Å². The van der Waals surface area contributed by atoms with Gasteiger partial charge < -0.3 is 4.74 Å². The Kier molecular flexibility index (Phi) is 7.57. The van der Waals surface area contributed by atoms with Crippen molar-refractivity contribution in [3.05, 3.63) is 35.9 Å². The van der Waals surface area contributed by atoms with Crippen LogP contribution in [-0.2, 0) is 16.1 Å². The summed E-state index contributed by atoms with van der Waals surface area (Å²) < 4.78 is 5.22. The summed E-state index contributed by atoms with van der Waals surface area (Å²) in [7, 11) is 0. The number of rotatable bonds is 8. The highest BCUT2D eigenvalue weighted by Gasteiger charge is 2.15. The Morgan fingerprint density at radius 3 is 2.58 bits per heavy atom. The van der Waals surface area contributed by atoms with Gasteiger partial charge in [-0.2, -0.15) is 0 Å². The fourth-order valence-corrected chi connectivity index (χ4v) is 2.22. The number of hydrogen-bond donors (Lipinski definition) is 0. The van der Waals surface area contributed by atoms with Gasteiger partial charge in [-0.1, -0.05) is 50.6 Å². The van der Waals surface area contributed by atoms with Crippen LogP contribution in [0.2, 0.25) is 0 Å². The molecule has 0 saturated heterocycles. The molecule has 1 aromatic carbocycles. The number of hydrogen-bond acceptors (Lipinski definition) is 2. The predicted molar refractivity (Wildman–Crippen MR) is 79.2 cm³/mol. The minimum atomic E-state index is -0.168. The zero-order valence-corrected chi connectivity index (χ0v) is 12.5. The maximum Gasteiger partial charge on any atom is 0.306 e. The normalized spacial score (nSPS) is 13.8. The minimum absolute atomic E-state index is 0.0595. The lowest BCUT2D eigenvalue weighted by atomic mass is 9.99. The molecule has 0 aliphatic carbocycles. The first kappa shape index (κ1) is 16.0. The maximum atomic E-state index is 11.6. The van der Waals surface area contributed by atoms with E-state index in [0.29, 0.717) is 25.4 Å². The minimum Gasteiger partial charge on any atom is -0.461 e. The van der Waals surface area contributed by atoms with Gasteiger partial charge in [-0.25, -0.2) is 0 Å². The monoisotopic (exact) mass is 282 g/mol. The molecule has 0 aliphatic rings. The van der Waals surface area contributed by atoms with Crippen molar-refractivity contribution < 1.29 is 9.53 Å². The van der Waals surface area contributed by atoms with E-state index in [9.17, 15) is 4.79 Å². The van der Waals surface area contributed by atoms with Gasteiger partial charge in [0.15, 0.2) is 0 Å². The Bertz CT molecular complexity index is 364. The Morgan fingerprint density at radius 1 is 1.26 bits per heavy atom. The first-order valence-corrected chi connectivity index (χ1v) is 7.40. The molecule has 0 amide bonds. The third-order valence-electron chi connectivity index (χ3n) is 3.23. The molecule has 0 bridgehead atoms. The van der Waals surface area contributed by atoms with E-state index < -0.39 is 0 Å². The quantitative estimate of drug-likeness (QED) is 0.516. The van der Waals surface area contributed by atoms with E-state index in [-0.39, 0.29) is 11.3 Å². The van der Waals surface area contributed by atoms with Crippen molar-refractivity contribution in [3.63, 3.8) is 0 Å². The largest absolute Gasteiger partial charge is 0.461 e. The summed E-state index contributed by atoms with van der Waals surface area (Å²) in [4.78, 5) is 11.6. The van der Waals surface area contributed by atoms with E-state index in [1.807, 2.05) is 30.3 Å². The van der Waals surface area contributed by atoms with Crippen LogP contribution in [0.3, 0.4) is 0 Å². The molecule has 0 spiro atoms. The fraction of sp³-hybridized carbons (Fsp3) is 0.562. The number of esters is 1. The summed E-state index contributed by atoms with van der Waals surface area (Å²) in [6, 6.07) is 9.70. The highest BCUT2D eigenvalue weighted by atomic mass is 35.5. The SMILES string of the molecule is CCCC(C)C(Cl)CCC(=O)OCc1ccccc1. The number of carbonyl (C=O) groups excluding carboxylic acids is 1. The smallest absolute Gasteiger partial charge is 0.306 e.